The molecule has 0 aliphatic rings. The van der Waals surface area contributed by atoms with Gasteiger partial charge in [0.2, 0.25) is 0 Å². The van der Waals surface area contributed by atoms with Crippen molar-refractivity contribution in [1.82, 2.24) is 0 Å². The molecule has 0 N–H and O–H groups in total. The van der Waals surface area contributed by atoms with Crippen molar-refractivity contribution in [2.75, 3.05) is 7.11 Å². The summed E-state index contributed by atoms with van der Waals surface area (Å²) in [6.45, 7) is 6.59. The third-order valence-electron chi connectivity index (χ3n) is 2.15. The van der Waals surface area contributed by atoms with Crippen LogP contribution in [0.3, 0.4) is 0 Å². The summed E-state index contributed by atoms with van der Waals surface area (Å²) in [6.07, 6.45) is 2.91. The van der Waals surface area contributed by atoms with Gasteiger partial charge >= 0.3 is 0 Å². The van der Waals surface area contributed by atoms with Crippen molar-refractivity contribution >= 4 is 6.08 Å². The van der Waals surface area contributed by atoms with Crippen molar-refractivity contribution < 1.29 is 4.74 Å². The van der Waals surface area contributed by atoms with E-state index in [1.807, 2.05) is 6.08 Å². The normalized spacial score (nSPS) is 10.0. The van der Waals surface area contributed by atoms with Gasteiger partial charge in [0.05, 0.1) is 6.61 Å². The predicted molar refractivity (Wildman–Crippen MR) is 56.6 cm³/mol. The van der Waals surface area contributed by atoms with Crippen molar-refractivity contribution in [2.45, 2.75) is 20.0 Å². The van der Waals surface area contributed by atoms with Crippen molar-refractivity contribution in [2.24, 2.45) is 0 Å². The zero-order valence-electron chi connectivity index (χ0n) is 8.34. The second kappa shape index (κ2) is 4.83. The monoisotopic (exact) mass is 176 g/mol. The summed E-state index contributed by atoms with van der Waals surface area (Å²) in [5, 5.41) is 0. The van der Waals surface area contributed by atoms with E-state index in [-0.39, 0.29) is 0 Å². The largest absolute Gasteiger partial charge is 0.380 e. The molecule has 70 valence electrons. The molecule has 0 heterocycles. The van der Waals surface area contributed by atoms with E-state index in [1.54, 1.807) is 7.11 Å². The summed E-state index contributed by atoms with van der Waals surface area (Å²) in [7, 11) is 1.72. The van der Waals surface area contributed by atoms with Crippen LogP contribution in [0.15, 0.2) is 24.8 Å². The number of benzene rings is 1. The predicted octanol–water partition coefficient (Wildman–Crippen LogP) is 3.04. The van der Waals surface area contributed by atoms with Gasteiger partial charge in [-0.15, -0.1) is 0 Å². The first-order valence-corrected chi connectivity index (χ1v) is 4.55. The summed E-state index contributed by atoms with van der Waals surface area (Å²) in [6, 6.07) is 6.37. The van der Waals surface area contributed by atoms with Crippen LogP contribution in [0.1, 0.15) is 23.6 Å². The fraction of sp³-hybridized carbons (Fsp3) is 0.333. The Balaban J connectivity index is 3.02. The highest BCUT2D eigenvalue weighted by molar-refractivity contribution is 5.49. The Morgan fingerprint density at radius 2 is 2.15 bits per heavy atom. The van der Waals surface area contributed by atoms with Crippen molar-refractivity contribution in [3.8, 4) is 0 Å². The van der Waals surface area contributed by atoms with E-state index in [0.29, 0.717) is 6.61 Å². The molecule has 0 aliphatic carbocycles. The molecule has 0 spiro atoms. The minimum atomic E-state index is 0.685. The van der Waals surface area contributed by atoms with Crippen LogP contribution in [-0.2, 0) is 17.8 Å². The zero-order valence-corrected chi connectivity index (χ0v) is 8.34. The van der Waals surface area contributed by atoms with E-state index >= 15 is 0 Å². The molecule has 13 heavy (non-hydrogen) atoms. The highest BCUT2D eigenvalue weighted by Crippen LogP contribution is 2.14. The van der Waals surface area contributed by atoms with Gasteiger partial charge in [0.15, 0.2) is 0 Å². The highest BCUT2D eigenvalue weighted by Gasteiger charge is 2.00. The van der Waals surface area contributed by atoms with E-state index in [9.17, 15) is 0 Å². The summed E-state index contributed by atoms with van der Waals surface area (Å²) >= 11 is 0. The lowest BCUT2D eigenvalue weighted by Gasteiger charge is -2.07. The molecule has 0 aromatic heterocycles. The lowest BCUT2D eigenvalue weighted by molar-refractivity contribution is 0.184. The van der Waals surface area contributed by atoms with Gasteiger partial charge in [-0.2, -0.15) is 0 Å². The van der Waals surface area contributed by atoms with Crippen LogP contribution in [0.4, 0.5) is 0 Å². The number of aryl methyl sites for hydroxylation is 1. The standard InChI is InChI=1S/C12H16O/c1-4-10-6-7-11(5-2)12(8-10)9-13-3/h4,6-8H,1,5,9H2,2-3H3. The van der Waals surface area contributed by atoms with Gasteiger partial charge in [-0.05, 0) is 29.2 Å². The van der Waals surface area contributed by atoms with Crippen molar-refractivity contribution in [1.29, 1.82) is 0 Å². The van der Waals surface area contributed by atoms with E-state index in [1.165, 1.54) is 11.1 Å². The Morgan fingerprint density at radius 3 is 2.69 bits per heavy atom. The molecule has 1 aromatic rings. The summed E-state index contributed by atoms with van der Waals surface area (Å²) in [4.78, 5) is 0. The van der Waals surface area contributed by atoms with Crippen molar-refractivity contribution in [3.63, 3.8) is 0 Å². The maximum Gasteiger partial charge on any atom is 0.0715 e. The minimum absolute atomic E-state index is 0.685. The molecular weight excluding hydrogens is 160 g/mol. The van der Waals surface area contributed by atoms with Crippen LogP contribution in [0.2, 0.25) is 0 Å². The minimum Gasteiger partial charge on any atom is -0.380 e. The second-order valence-corrected chi connectivity index (χ2v) is 3.02. The molecule has 0 saturated carbocycles. The van der Waals surface area contributed by atoms with E-state index in [4.69, 9.17) is 4.74 Å². The molecule has 1 rings (SSSR count). The molecule has 0 unspecified atom stereocenters. The Bertz CT molecular complexity index is 289. The van der Waals surface area contributed by atoms with Crippen LogP contribution >= 0.6 is 0 Å². The van der Waals surface area contributed by atoms with Gasteiger partial charge in [-0.3, -0.25) is 0 Å². The van der Waals surface area contributed by atoms with Crippen LogP contribution in [0.5, 0.6) is 0 Å². The first-order valence-electron chi connectivity index (χ1n) is 4.55. The van der Waals surface area contributed by atoms with Crippen LogP contribution in [0, 0.1) is 0 Å². The fourth-order valence-corrected chi connectivity index (χ4v) is 1.41. The highest BCUT2D eigenvalue weighted by atomic mass is 16.5. The smallest absolute Gasteiger partial charge is 0.0715 e. The number of hydrogen-bond acceptors (Lipinski definition) is 1. The second-order valence-electron chi connectivity index (χ2n) is 3.02. The molecule has 0 amide bonds. The average Bonchev–Trinajstić information content (AvgIpc) is 2.18. The molecule has 1 aromatic carbocycles. The molecule has 0 radical (unpaired) electrons. The molecule has 0 aliphatic heterocycles. The average molecular weight is 176 g/mol. The van der Waals surface area contributed by atoms with Crippen LogP contribution in [0.25, 0.3) is 6.08 Å². The summed E-state index contributed by atoms with van der Waals surface area (Å²) in [5.74, 6) is 0. The van der Waals surface area contributed by atoms with Gasteiger partial charge in [0.1, 0.15) is 0 Å². The Hall–Kier alpha value is -1.08. The SMILES string of the molecule is C=Cc1ccc(CC)c(COC)c1. The maximum atomic E-state index is 5.14. The fourth-order valence-electron chi connectivity index (χ4n) is 1.41. The third-order valence-corrected chi connectivity index (χ3v) is 2.15. The van der Waals surface area contributed by atoms with E-state index in [2.05, 4.69) is 31.7 Å². The Labute approximate surface area is 80.0 Å². The lowest BCUT2D eigenvalue weighted by atomic mass is 10.0. The van der Waals surface area contributed by atoms with Gasteiger partial charge in [0, 0.05) is 7.11 Å². The van der Waals surface area contributed by atoms with Crippen LogP contribution in [-0.4, -0.2) is 7.11 Å². The molecule has 1 heteroatoms. The first-order chi connectivity index (χ1) is 6.31. The van der Waals surface area contributed by atoms with Gasteiger partial charge in [0.25, 0.3) is 0 Å². The quantitative estimate of drug-likeness (QED) is 0.685. The number of rotatable bonds is 4. The lowest BCUT2D eigenvalue weighted by Crippen LogP contribution is -1.95. The van der Waals surface area contributed by atoms with Gasteiger partial charge in [-0.25, -0.2) is 0 Å². The summed E-state index contributed by atoms with van der Waals surface area (Å²) in [5.41, 5.74) is 3.78. The number of hydrogen-bond donors (Lipinski definition) is 0. The Morgan fingerprint density at radius 1 is 1.38 bits per heavy atom. The zero-order chi connectivity index (χ0) is 9.68. The van der Waals surface area contributed by atoms with E-state index < -0.39 is 0 Å². The van der Waals surface area contributed by atoms with Gasteiger partial charge in [-0.1, -0.05) is 31.7 Å². The molecule has 0 fully saturated rings. The van der Waals surface area contributed by atoms with Crippen LogP contribution < -0.4 is 0 Å². The molecule has 1 nitrogen and oxygen atoms in total. The first kappa shape index (κ1) is 10.0. The van der Waals surface area contributed by atoms with Crippen molar-refractivity contribution in [3.05, 3.63) is 41.5 Å². The molecular formula is C12H16O. The molecule has 0 saturated heterocycles. The number of ether oxygens (including phenoxy) is 1. The topological polar surface area (TPSA) is 9.23 Å². The van der Waals surface area contributed by atoms with E-state index in [0.717, 1.165) is 12.0 Å². The Kier molecular flexibility index (Phi) is 3.71. The third kappa shape index (κ3) is 2.43. The molecule has 0 atom stereocenters. The number of methoxy groups -OCH3 is 1. The molecule has 0 bridgehead atoms. The van der Waals surface area contributed by atoms with Gasteiger partial charge < -0.3 is 4.74 Å². The summed E-state index contributed by atoms with van der Waals surface area (Å²) < 4.78 is 5.14. The maximum absolute atomic E-state index is 5.14.